The third-order valence-electron chi connectivity index (χ3n) is 2.85. The molecule has 160 valence electrons. The largest absolute Gasteiger partial charge is 0.467 e. The molecule has 7 nitrogen and oxygen atoms in total. The smallest absolute Gasteiger partial charge is 0.422 e. The van der Waals surface area contributed by atoms with Crippen LogP contribution in [0.1, 0.15) is 0 Å². The topological polar surface area (TPSA) is 90.4 Å². The number of halogens is 7. The van der Waals surface area contributed by atoms with E-state index in [1.807, 2.05) is 4.72 Å². The number of rotatable bonds is 7. The van der Waals surface area contributed by atoms with E-state index in [-0.39, 0.29) is 10.7 Å². The second kappa shape index (κ2) is 8.49. The van der Waals surface area contributed by atoms with Crippen LogP contribution in [0.3, 0.4) is 0 Å². The maximum absolute atomic E-state index is 12.6. The fourth-order valence-corrected chi connectivity index (χ4v) is 3.16. The van der Waals surface area contributed by atoms with Gasteiger partial charge in [0.25, 0.3) is 10.0 Å². The molecule has 0 radical (unpaired) electrons. The van der Waals surface area contributed by atoms with Crippen LogP contribution < -0.4 is 14.2 Å². The number of alkyl halides is 6. The van der Waals surface area contributed by atoms with Gasteiger partial charge in [0.1, 0.15) is 6.33 Å². The van der Waals surface area contributed by atoms with E-state index in [4.69, 9.17) is 11.6 Å². The molecule has 2 aromatic rings. The van der Waals surface area contributed by atoms with E-state index in [1.54, 1.807) is 0 Å². The molecule has 2 rings (SSSR count). The van der Waals surface area contributed by atoms with Gasteiger partial charge in [-0.3, -0.25) is 4.72 Å². The summed E-state index contributed by atoms with van der Waals surface area (Å²) in [4.78, 5) is 5.32. The Labute approximate surface area is 164 Å². The molecule has 1 aromatic carbocycles. The number of nitrogens with zero attached hydrogens (tertiary/aromatic N) is 2. The van der Waals surface area contributed by atoms with Gasteiger partial charge in [-0.05, 0) is 24.3 Å². The van der Waals surface area contributed by atoms with E-state index < -0.39 is 52.2 Å². The Balaban J connectivity index is 2.46. The molecule has 0 spiro atoms. The minimum atomic E-state index is -4.87. The van der Waals surface area contributed by atoms with Crippen molar-refractivity contribution in [3.8, 4) is 11.8 Å². The van der Waals surface area contributed by atoms with Crippen molar-refractivity contribution in [2.24, 2.45) is 0 Å². The first-order chi connectivity index (χ1) is 13.3. The Hall–Kier alpha value is -2.48. The van der Waals surface area contributed by atoms with Crippen LogP contribution in [0.4, 0.5) is 32.0 Å². The maximum atomic E-state index is 12.6. The number of benzene rings is 1. The Morgan fingerprint density at radius 3 is 1.76 bits per heavy atom. The molecule has 15 heteroatoms. The van der Waals surface area contributed by atoms with E-state index in [2.05, 4.69) is 19.4 Å². The highest BCUT2D eigenvalue weighted by Gasteiger charge is 2.35. The molecular weight excluding hydrogens is 456 g/mol. The number of ether oxygens (including phenoxy) is 2. The Morgan fingerprint density at radius 2 is 1.34 bits per heavy atom. The second-order valence-electron chi connectivity index (χ2n) is 5.23. The molecule has 0 aliphatic heterocycles. The van der Waals surface area contributed by atoms with Gasteiger partial charge in [-0.1, -0.05) is 11.6 Å². The molecule has 1 aromatic heterocycles. The molecule has 0 unspecified atom stereocenters. The van der Waals surface area contributed by atoms with Crippen molar-refractivity contribution >= 4 is 27.3 Å². The molecule has 0 aliphatic rings. The lowest BCUT2D eigenvalue weighted by Gasteiger charge is -2.16. The molecular formula is C14H10ClF6N3O4S. The number of sulfonamides is 1. The molecule has 0 saturated heterocycles. The standard InChI is InChI=1S/C14H10ClF6N3O4S/c15-8-1-3-9(4-2-8)24-29(25,26)10-11(27-5-13(16,17)18)22-7-23-12(10)28-6-14(19,20)21/h1-4,7,24H,5-6H2. The number of nitrogens with one attached hydrogen (secondary N) is 1. The zero-order valence-corrected chi connectivity index (χ0v) is 15.5. The summed E-state index contributed by atoms with van der Waals surface area (Å²) < 4.78 is 110. The molecule has 29 heavy (non-hydrogen) atoms. The number of aromatic nitrogens is 2. The summed E-state index contributed by atoms with van der Waals surface area (Å²) >= 11 is 5.67. The van der Waals surface area contributed by atoms with Gasteiger partial charge in [0.15, 0.2) is 13.2 Å². The van der Waals surface area contributed by atoms with E-state index in [1.165, 1.54) is 24.3 Å². The quantitative estimate of drug-likeness (QED) is 0.625. The van der Waals surface area contributed by atoms with Crippen LogP contribution >= 0.6 is 11.6 Å². The van der Waals surface area contributed by atoms with Crippen LogP contribution in [0.2, 0.25) is 5.02 Å². The predicted octanol–water partition coefficient (Wildman–Crippen LogP) is 3.81. The van der Waals surface area contributed by atoms with Crippen molar-refractivity contribution in [3.63, 3.8) is 0 Å². The fraction of sp³-hybridized carbons (Fsp3) is 0.286. The van der Waals surface area contributed by atoms with Crippen LogP contribution in [0.5, 0.6) is 11.8 Å². The maximum Gasteiger partial charge on any atom is 0.422 e. The van der Waals surface area contributed by atoms with Crippen molar-refractivity contribution in [1.82, 2.24) is 9.97 Å². The zero-order chi connectivity index (χ0) is 21.9. The van der Waals surface area contributed by atoms with Crippen LogP contribution in [0.15, 0.2) is 35.5 Å². The van der Waals surface area contributed by atoms with Gasteiger partial charge in [0.05, 0.1) is 0 Å². The van der Waals surface area contributed by atoms with Gasteiger partial charge in [-0.15, -0.1) is 0 Å². The fourth-order valence-electron chi connectivity index (χ4n) is 1.80. The molecule has 0 aliphatic carbocycles. The highest BCUT2D eigenvalue weighted by molar-refractivity contribution is 7.93. The summed E-state index contributed by atoms with van der Waals surface area (Å²) in [5.41, 5.74) is -0.0956. The average Bonchev–Trinajstić information content (AvgIpc) is 2.58. The van der Waals surface area contributed by atoms with E-state index >= 15 is 0 Å². The molecule has 1 N–H and O–H groups in total. The van der Waals surface area contributed by atoms with Crippen molar-refractivity contribution < 1.29 is 44.2 Å². The number of anilines is 1. The van der Waals surface area contributed by atoms with Gasteiger partial charge in [0, 0.05) is 10.7 Å². The third kappa shape index (κ3) is 7.12. The van der Waals surface area contributed by atoms with Crippen molar-refractivity contribution in [2.75, 3.05) is 17.9 Å². The first kappa shape index (κ1) is 22.8. The molecule has 0 atom stereocenters. The minimum absolute atomic E-state index is 0.0956. The molecule has 0 bridgehead atoms. The summed E-state index contributed by atoms with van der Waals surface area (Å²) in [6.07, 6.45) is -9.25. The monoisotopic (exact) mass is 465 g/mol. The second-order valence-corrected chi connectivity index (χ2v) is 7.29. The first-order valence-electron chi connectivity index (χ1n) is 7.29. The highest BCUT2D eigenvalue weighted by Crippen LogP contribution is 2.33. The molecule has 0 amide bonds. The first-order valence-corrected chi connectivity index (χ1v) is 9.15. The summed E-state index contributed by atoms with van der Waals surface area (Å²) in [6, 6.07) is 5.00. The normalized spacial score (nSPS) is 12.5. The average molecular weight is 466 g/mol. The van der Waals surface area contributed by atoms with E-state index in [9.17, 15) is 34.8 Å². The summed E-state index contributed by atoms with van der Waals surface area (Å²) in [6.45, 7) is -3.90. The SMILES string of the molecule is O=S(=O)(Nc1ccc(Cl)cc1)c1c(OCC(F)(F)F)ncnc1OCC(F)(F)F. The molecule has 0 fully saturated rings. The minimum Gasteiger partial charge on any atom is -0.467 e. The van der Waals surface area contributed by atoms with Crippen LogP contribution in [0, 0.1) is 0 Å². The lowest BCUT2D eigenvalue weighted by atomic mass is 10.3. The third-order valence-corrected chi connectivity index (χ3v) is 4.49. The van der Waals surface area contributed by atoms with Crippen LogP contribution in [-0.4, -0.2) is 44.0 Å². The van der Waals surface area contributed by atoms with Gasteiger partial charge >= 0.3 is 12.4 Å². The van der Waals surface area contributed by atoms with Gasteiger partial charge in [-0.2, -0.15) is 26.3 Å². The van der Waals surface area contributed by atoms with Crippen LogP contribution in [0.25, 0.3) is 0 Å². The Kier molecular flexibility index (Phi) is 6.67. The number of hydrogen-bond acceptors (Lipinski definition) is 6. The van der Waals surface area contributed by atoms with Crippen LogP contribution in [-0.2, 0) is 10.0 Å². The molecule has 0 saturated carbocycles. The lowest BCUT2D eigenvalue weighted by molar-refractivity contribution is -0.155. The van der Waals surface area contributed by atoms with Gasteiger partial charge < -0.3 is 9.47 Å². The zero-order valence-electron chi connectivity index (χ0n) is 13.9. The van der Waals surface area contributed by atoms with E-state index in [0.717, 1.165) is 0 Å². The highest BCUT2D eigenvalue weighted by atomic mass is 35.5. The van der Waals surface area contributed by atoms with E-state index in [0.29, 0.717) is 6.33 Å². The Bertz CT molecular complexity index is 915. The van der Waals surface area contributed by atoms with Crippen molar-refractivity contribution in [2.45, 2.75) is 17.2 Å². The summed E-state index contributed by atoms with van der Waals surface area (Å²) in [5.74, 6) is -2.29. The van der Waals surface area contributed by atoms with Crippen molar-refractivity contribution in [3.05, 3.63) is 35.6 Å². The van der Waals surface area contributed by atoms with Gasteiger partial charge in [-0.25, -0.2) is 18.4 Å². The molecule has 1 heterocycles. The predicted molar refractivity (Wildman–Crippen MR) is 87.4 cm³/mol. The summed E-state index contributed by atoms with van der Waals surface area (Å²) in [7, 11) is -4.83. The lowest BCUT2D eigenvalue weighted by Crippen LogP contribution is -2.24. The Morgan fingerprint density at radius 1 is 0.897 bits per heavy atom. The van der Waals surface area contributed by atoms with Crippen molar-refractivity contribution in [1.29, 1.82) is 0 Å². The van der Waals surface area contributed by atoms with Gasteiger partial charge in [0.2, 0.25) is 16.7 Å². The number of hydrogen-bond donors (Lipinski definition) is 1. The summed E-state index contributed by atoms with van der Waals surface area (Å²) in [5, 5.41) is 0.249.